The largest absolute Gasteiger partial charge is 0.398 e. The number of nitrogens with zero attached hydrogens (tertiary/aromatic N) is 2. The number of pyridine rings is 1. The second-order valence-electron chi connectivity index (χ2n) is 4.89. The number of nitrogen functional groups attached to an aromatic ring is 1. The van der Waals surface area contributed by atoms with Gasteiger partial charge in [-0.1, -0.05) is 18.2 Å². The van der Waals surface area contributed by atoms with Crippen LogP contribution in [0.25, 0.3) is 0 Å². The summed E-state index contributed by atoms with van der Waals surface area (Å²) in [6.45, 7) is 0.825. The molecule has 1 saturated carbocycles. The molecule has 0 radical (unpaired) electrons. The van der Waals surface area contributed by atoms with Crippen molar-refractivity contribution in [1.29, 1.82) is 0 Å². The number of hydrogen-bond donors (Lipinski definition) is 1. The van der Waals surface area contributed by atoms with Crippen LogP contribution in [0.3, 0.4) is 0 Å². The van der Waals surface area contributed by atoms with Gasteiger partial charge in [-0.2, -0.15) is 0 Å². The van der Waals surface area contributed by atoms with Crippen molar-refractivity contribution in [1.82, 2.24) is 4.98 Å². The van der Waals surface area contributed by atoms with E-state index in [1.54, 1.807) is 0 Å². The number of hydrogen-bond acceptors (Lipinski definition) is 3. The second-order valence-corrected chi connectivity index (χ2v) is 5.81. The molecule has 0 amide bonds. The van der Waals surface area contributed by atoms with Crippen LogP contribution in [0.2, 0.25) is 0 Å². The summed E-state index contributed by atoms with van der Waals surface area (Å²) in [7, 11) is 0. The zero-order valence-corrected chi connectivity index (χ0v) is 12.2. The summed E-state index contributed by atoms with van der Waals surface area (Å²) in [5.41, 5.74) is 8.05. The minimum absolute atomic E-state index is 0.605. The van der Waals surface area contributed by atoms with Gasteiger partial charge in [-0.3, -0.25) is 0 Å². The first-order valence-electron chi connectivity index (χ1n) is 6.45. The van der Waals surface area contributed by atoms with Crippen molar-refractivity contribution in [2.75, 3.05) is 10.6 Å². The molecule has 1 aliphatic carbocycles. The first-order chi connectivity index (χ1) is 9.24. The molecular weight excluding hydrogens is 302 g/mol. The highest BCUT2D eigenvalue weighted by Crippen LogP contribution is 2.33. The Kier molecular flexibility index (Phi) is 3.42. The molecule has 1 aromatic heterocycles. The molecule has 3 nitrogen and oxygen atoms in total. The van der Waals surface area contributed by atoms with Gasteiger partial charge in [-0.05, 0) is 52.5 Å². The Labute approximate surface area is 121 Å². The molecule has 1 aliphatic rings. The number of aromatic nitrogens is 1. The molecule has 0 bridgehead atoms. The van der Waals surface area contributed by atoms with E-state index in [1.165, 1.54) is 18.4 Å². The lowest BCUT2D eigenvalue weighted by Crippen LogP contribution is -2.26. The Morgan fingerprint density at radius 2 is 2.00 bits per heavy atom. The molecule has 4 heteroatoms. The molecule has 0 unspecified atom stereocenters. The van der Waals surface area contributed by atoms with Crippen LogP contribution >= 0.6 is 15.9 Å². The van der Waals surface area contributed by atoms with Crippen molar-refractivity contribution in [3.63, 3.8) is 0 Å². The Balaban J connectivity index is 1.86. The molecule has 0 spiro atoms. The van der Waals surface area contributed by atoms with Gasteiger partial charge in [-0.25, -0.2) is 4.98 Å². The molecule has 0 atom stereocenters. The summed E-state index contributed by atoms with van der Waals surface area (Å²) in [6.07, 6.45) is 4.33. The number of rotatable bonds is 4. The Hall–Kier alpha value is -1.55. The van der Waals surface area contributed by atoms with Crippen LogP contribution < -0.4 is 10.6 Å². The number of benzene rings is 1. The van der Waals surface area contributed by atoms with Gasteiger partial charge in [-0.15, -0.1) is 0 Å². The predicted molar refractivity (Wildman–Crippen MR) is 82.0 cm³/mol. The topological polar surface area (TPSA) is 42.1 Å². The third kappa shape index (κ3) is 2.89. The van der Waals surface area contributed by atoms with E-state index in [2.05, 4.69) is 37.9 Å². The minimum atomic E-state index is 0.605. The average Bonchev–Trinajstić information content (AvgIpc) is 3.24. The maximum absolute atomic E-state index is 6.04. The molecule has 3 rings (SSSR count). The van der Waals surface area contributed by atoms with Crippen LogP contribution in [0, 0.1) is 0 Å². The van der Waals surface area contributed by atoms with E-state index in [0.29, 0.717) is 6.04 Å². The molecule has 2 aromatic rings. The highest BCUT2D eigenvalue weighted by Gasteiger charge is 2.30. The predicted octanol–water partition coefficient (Wildman–Crippen LogP) is 3.60. The smallest absolute Gasteiger partial charge is 0.129 e. The highest BCUT2D eigenvalue weighted by atomic mass is 79.9. The summed E-state index contributed by atoms with van der Waals surface area (Å²) in [6, 6.07) is 12.7. The van der Waals surface area contributed by atoms with Crippen LogP contribution in [0.1, 0.15) is 18.4 Å². The van der Waals surface area contributed by atoms with Gasteiger partial charge in [0.25, 0.3) is 0 Å². The molecular formula is C15H16BrN3. The van der Waals surface area contributed by atoms with E-state index >= 15 is 0 Å². The third-order valence-corrected chi connectivity index (χ3v) is 3.86. The van der Waals surface area contributed by atoms with Crippen LogP contribution in [-0.4, -0.2) is 11.0 Å². The van der Waals surface area contributed by atoms with E-state index in [4.69, 9.17) is 5.73 Å². The van der Waals surface area contributed by atoms with Gasteiger partial charge in [0.1, 0.15) is 5.82 Å². The number of para-hydroxylation sites is 1. The van der Waals surface area contributed by atoms with E-state index in [0.717, 1.165) is 22.5 Å². The van der Waals surface area contributed by atoms with Gasteiger partial charge in [0, 0.05) is 28.9 Å². The van der Waals surface area contributed by atoms with Crippen LogP contribution in [0.15, 0.2) is 47.1 Å². The lowest BCUT2D eigenvalue weighted by Gasteiger charge is -2.24. The number of halogens is 1. The van der Waals surface area contributed by atoms with Crippen LogP contribution in [0.4, 0.5) is 11.5 Å². The quantitative estimate of drug-likeness (QED) is 0.876. The standard InChI is InChI=1S/C15H16BrN3/c16-12-5-8-15(18-9-12)19(13-6-7-13)10-11-3-1-2-4-14(11)17/h1-5,8-9,13H,6-7,10,17H2. The Morgan fingerprint density at radius 1 is 1.21 bits per heavy atom. The van der Waals surface area contributed by atoms with Crippen molar-refractivity contribution in [3.8, 4) is 0 Å². The third-order valence-electron chi connectivity index (χ3n) is 3.39. The molecule has 0 aliphatic heterocycles. The zero-order valence-electron chi connectivity index (χ0n) is 10.6. The maximum Gasteiger partial charge on any atom is 0.129 e. The van der Waals surface area contributed by atoms with Gasteiger partial charge in [0.15, 0.2) is 0 Å². The van der Waals surface area contributed by atoms with Gasteiger partial charge in [0.05, 0.1) is 0 Å². The summed E-state index contributed by atoms with van der Waals surface area (Å²) in [4.78, 5) is 6.85. The fourth-order valence-electron chi connectivity index (χ4n) is 2.18. The Bertz CT molecular complexity index is 564. The van der Waals surface area contributed by atoms with E-state index in [-0.39, 0.29) is 0 Å². The normalized spacial score (nSPS) is 14.4. The first-order valence-corrected chi connectivity index (χ1v) is 7.25. The lowest BCUT2D eigenvalue weighted by molar-refractivity contribution is 0.779. The van der Waals surface area contributed by atoms with Gasteiger partial charge in [0.2, 0.25) is 0 Å². The van der Waals surface area contributed by atoms with Crippen molar-refractivity contribution < 1.29 is 0 Å². The van der Waals surface area contributed by atoms with Crippen molar-refractivity contribution in [3.05, 3.63) is 52.6 Å². The summed E-state index contributed by atoms with van der Waals surface area (Å²) in [5, 5.41) is 0. The first kappa shape index (κ1) is 12.5. The van der Waals surface area contributed by atoms with Gasteiger partial charge < -0.3 is 10.6 Å². The van der Waals surface area contributed by atoms with Crippen molar-refractivity contribution in [2.24, 2.45) is 0 Å². The molecule has 1 aromatic carbocycles. The monoisotopic (exact) mass is 317 g/mol. The second kappa shape index (κ2) is 5.21. The Morgan fingerprint density at radius 3 is 2.63 bits per heavy atom. The summed E-state index contributed by atoms with van der Waals surface area (Å²) >= 11 is 3.42. The van der Waals surface area contributed by atoms with E-state index in [9.17, 15) is 0 Å². The van der Waals surface area contributed by atoms with Crippen LogP contribution in [0.5, 0.6) is 0 Å². The minimum Gasteiger partial charge on any atom is -0.398 e. The molecule has 1 fully saturated rings. The van der Waals surface area contributed by atoms with Crippen molar-refractivity contribution in [2.45, 2.75) is 25.4 Å². The molecule has 98 valence electrons. The summed E-state index contributed by atoms with van der Waals surface area (Å²) in [5.74, 6) is 1.02. The van der Waals surface area contributed by atoms with Crippen molar-refractivity contribution >= 4 is 27.4 Å². The van der Waals surface area contributed by atoms with Gasteiger partial charge >= 0.3 is 0 Å². The number of anilines is 2. The summed E-state index contributed by atoms with van der Waals surface area (Å²) < 4.78 is 1.01. The van der Waals surface area contributed by atoms with E-state index < -0.39 is 0 Å². The molecule has 0 saturated heterocycles. The SMILES string of the molecule is Nc1ccccc1CN(c1ccc(Br)cn1)C1CC1. The van der Waals surface area contributed by atoms with Crippen LogP contribution in [-0.2, 0) is 6.54 Å². The molecule has 2 N–H and O–H groups in total. The lowest BCUT2D eigenvalue weighted by atomic mass is 10.1. The maximum atomic E-state index is 6.04. The zero-order chi connectivity index (χ0) is 13.2. The number of nitrogens with two attached hydrogens (primary N) is 1. The fourth-order valence-corrected chi connectivity index (χ4v) is 2.42. The molecule has 1 heterocycles. The highest BCUT2D eigenvalue weighted by molar-refractivity contribution is 9.10. The fraction of sp³-hybridized carbons (Fsp3) is 0.267. The average molecular weight is 318 g/mol. The van der Waals surface area contributed by atoms with E-state index in [1.807, 2.05) is 30.5 Å². The molecule has 19 heavy (non-hydrogen) atoms.